The highest BCUT2D eigenvalue weighted by Gasteiger charge is 2.19. The lowest BCUT2D eigenvalue weighted by Gasteiger charge is -2.25. The van der Waals surface area contributed by atoms with E-state index in [4.69, 9.17) is 9.47 Å². The van der Waals surface area contributed by atoms with Crippen LogP contribution in [0.4, 0.5) is 4.39 Å². The Bertz CT molecular complexity index is 687. The van der Waals surface area contributed by atoms with Crippen molar-refractivity contribution in [1.82, 2.24) is 5.32 Å². The van der Waals surface area contributed by atoms with Crippen LogP contribution in [0.2, 0.25) is 0 Å². The van der Waals surface area contributed by atoms with E-state index < -0.39 is 0 Å². The number of fused-ring (bicyclic) bond motifs is 1. The van der Waals surface area contributed by atoms with E-state index in [9.17, 15) is 9.18 Å². The Hall–Kier alpha value is -2.56. The molecule has 0 fully saturated rings. The van der Waals surface area contributed by atoms with Crippen LogP contribution in [-0.4, -0.2) is 25.7 Å². The molecule has 1 atom stereocenters. The van der Waals surface area contributed by atoms with Crippen molar-refractivity contribution in [3.05, 3.63) is 59.9 Å². The lowest BCUT2D eigenvalue weighted by molar-refractivity contribution is -0.121. The molecule has 1 heterocycles. The third-order valence-electron chi connectivity index (χ3n) is 3.96. The molecule has 0 bridgehead atoms. The number of para-hydroxylation sites is 1. The average molecular weight is 329 g/mol. The van der Waals surface area contributed by atoms with Gasteiger partial charge >= 0.3 is 0 Å². The number of ether oxygens (including phenoxy) is 2. The van der Waals surface area contributed by atoms with Crippen molar-refractivity contribution in [2.75, 3.05) is 19.8 Å². The number of rotatable bonds is 6. The van der Waals surface area contributed by atoms with E-state index in [-0.39, 0.29) is 30.7 Å². The highest BCUT2D eigenvalue weighted by molar-refractivity contribution is 5.76. The Morgan fingerprint density at radius 3 is 2.83 bits per heavy atom. The van der Waals surface area contributed by atoms with Crippen molar-refractivity contribution in [3.63, 3.8) is 0 Å². The van der Waals surface area contributed by atoms with Gasteiger partial charge in [0.05, 0.1) is 19.6 Å². The predicted molar refractivity (Wildman–Crippen MR) is 88.7 cm³/mol. The Labute approximate surface area is 140 Å². The summed E-state index contributed by atoms with van der Waals surface area (Å²) in [6.45, 7) is 1.47. The summed E-state index contributed by atoms with van der Waals surface area (Å²) in [5.74, 6) is 1.41. The monoisotopic (exact) mass is 329 g/mol. The molecule has 2 aromatic rings. The third-order valence-corrected chi connectivity index (χ3v) is 3.96. The molecule has 0 aliphatic carbocycles. The van der Waals surface area contributed by atoms with Crippen LogP contribution in [0.5, 0.6) is 11.5 Å². The molecule has 0 spiro atoms. The predicted octanol–water partition coefficient (Wildman–Crippen LogP) is 2.96. The number of amides is 1. The first-order valence-electron chi connectivity index (χ1n) is 8.06. The second kappa shape index (κ2) is 7.81. The van der Waals surface area contributed by atoms with Gasteiger partial charge in [0.25, 0.3) is 0 Å². The third kappa shape index (κ3) is 4.47. The zero-order chi connectivity index (χ0) is 16.8. The quantitative estimate of drug-likeness (QED) is 0.886. The summed E-state index contributed by atoms with van der Waals surface area (Å²) in [5.41, 5.74) is 1.18. The van der Waals surface area contributed by atoms with Crippen LogP contribution in [0.25, 0.3) is 0 Å². The molecule has 1 aliphatic rings. The maximum absolute atomic E-state index is 12.8. The number of hydrogen-bond acceptors (Lipinski definition) is 3. The highest BCUT2D eigenvalue weighted by atomic mass is 19.1. The summed E-state index contributed by atoms with van der Waals surface area (Å²) in [7, 11) is 0. The summed E-state index contributed by atoms with van der Waals surface area (Å²) in [4.78, 5) is 11.9. The number of benzene rings is 2. The summed E-state index contributed by atoms with van der Waals surface area (Å²) >= 11 is 0. The zero-order valence-corrected chi connectivity index (χ0v) is 13.3. The van der Waals surface area contributed by atoms with Gasteiger partial charge in [-0.3, -0.25) is 4.79 Å². The fourth-order valence-corrected chi connectivity index (χ4v) is 2.66. The number of carbonyl (C=O) groups excluding carboxylic acids is 1. The van der Waals surface area contributed by atoms with E-state index in [1.807, 2.05) is 18.2 Å². The molecule has 1 N–H and O–H groups in total. The van der Waals surface area contributed by atoms with E-state index in [0.717, 1.165) is 12.2 Å². The molecule has 4 nitrogen and oxygen atoms in total. The topological polar surface area (TPSA) is 47.6 Å². The van der Waals surface area contributed by atoms with Crippen LogP contribution in [0.1, 0.15) is 12.0 Å². The second-order valence-corrected chi connectivity index (χ2v) is 5.85. The lowest BCUT2D eigenvalue weighted by atomic mass is 9.97. The molecule has 1 aliphatic heterocycles. The molecular weight excluding hydrogens is 309 g/mol. The van der Waals surface area contributed by atoms with Gasteiger partial charge in [0.1, 0.15) is 17.3 Å². The van der Waals surface area contributed by atoms with E-state index in [2.05, 4.69) is 11.4 Å². The van der Waals surface area contributed by atoms with Crippen LogP contribution < -0.4 is 14.8 Å². The lowest BCUT2D eigenvalue weighted by Crippen LogP contribution is -2.35. The zero-order valence-electron chi connectivity index (χ0n) is 13.3. The first kappa shape index (κ1) is 16.3. The molecule has 1 amide bonds. The molecule has 5 heteroatoms. The van der Waals surface area contributed by atoms with Gasteiger partial charge < -0.3 is 14.8 Å². The Morgan fingerprint density at radius 2 is 2.00 bits per heavy atom. The van der Waals surface area contributed by atoms with Gasteiger partial charge in [-0.25, -0.2) is 4.39 Å². The van der Waals surface area contributed by atoms with Gasteiger partial charge in [0.2, 0.25) is 5.91 Å². The van der Waals surface area contributed by atoms with Gasteiger partial charge in [0.15, 0.2) is 0 Å². The Balaban J connectivity index is 1.36. The number of nitrogens with one attached hydrogen (secondary N) is 1. The van der Waals surface area contributed by atoms with Crippen LogP contribution in [0.15, 0.2) is 48.5 Å². The van der Waals surface area contributed by atoms with E-state index in [1.54, 1.807) is 12.1 Å². The normalized spacial score (nSPS) is 16.0. The number of hydrogen-bond donors (Lipinski definition) is 1. The van der Waals surface area contributed by atoms with Gasteiger partial charge in [-0.15, -0.1) is 0 Å². The minimum atomic E-state index is -0.309. The molecule has 0 radical (unpaired) electrons. The fraction of sp³-hybridized carbons (Fsp3) is 0.316. The highest BCUT2D eigenvalue weighted by Crippen LogP contribution is 2.26. The van der Waals surface area contributed by atoms with Crippen LogP contribution in [-0.2, 0) is 11.2 Å². The molecule has 0 saturated carbocycles. The van der Waals surface area contributed by atoms with Crippen molar-refractivity contribution < 1.29 is 18.7 Å². The standard InChI is InChI=1S/C19H20FNO3/c20-16-5-7-17(8-6-16)23-10-9-19(22)21-12-14-11-15-3-1-2-4-18(15)24-13-14/h1-8,14H,9-13H2,(H,21,22). The van der Waals surface area contributed by atoms with E-state index >= 15 is 0 Å². The van der Waals surface area contributed by atoms with Gasteiger partial charge in [-0.2, -0.15) is 0 Å². The molecule has 0 saturated heterocycles. The largest absolute Gasteiger partial charge is 0.493 e. The summed E-state index contributed by atoms with van der Waals surface area (Å²) in [5, 5.41) is 2.92. The van der Waals surface area contributed by atoms with Crippen molar-refractivity contribution in [2.45, 2.75) is 12.8 Å². The number of halogens is 1. The van der Waals surface area contributed by atoms with Crippen molar-refractivity contribution in [3.8, 4) is 11.5 Å². The molecule has 126 valence electrons. The smallest absolute Gasteiger partial charge is 0.223 e. The SMILES string of the molecule is O=C(CCOc1ccc(F)cc1)NCC1COc2ccccc2C1. The molecular formula is C19H20FNO3. The van der Waals surface area contributed by atoms with Crippen molar-refractivity contribution in [2.24, 2.45) is 5.92 Å². The maximum Gasteiger partial charge on any atom is 0.223 e. The van der Waals surface area contributed by atoms with Crippen molar-refractivity contribution >= 4 is 5.91 Å². The first-order valence-corrected chi connectivity index (χ1v) is 8.06. The van der Waals surface area contributed by atoms with Crippen LogP contribution >= 0.6 is 0 Å². The molecule has 3 rings (SSSR count). The average Bonchev–Trinajstić information content (AvgIpc) is 2.61. The molecule has 24 heavy (non-hydrogen) atoms. The molecule has 0 aromatic heterocycles. The minimum Gasteiger partial charge on any atom is -0.493 e. The van der Waals surface area contributed by atoms with Gasteiger partial charge in [-0.1, -0.05) is 18.2 Å². The first-order chi connectivity index (χ1) is 11.7. The van der Waals surface area contributed by atoms with E-state index in [1.165, 1.54) is 17.7 Å². The Morgan fingerprint density at radius 1 is 1.21 bits per heavy atom. The van der Waals surface area contributed by atoms with Gasteiger partial charge in [-0.05, 0) is 42.3 Å². The molecule has 1 unspecified atom stereocenters. The minimum absolute atomic E-state index is 0.0593. The Kier molecular flexibility index (Phi) is 5.31. The summed E-state index contributed by atoms with van der Waals surface area (Å²) in [6, 6.07) is 13.7. The second-order valence-electron chi connectivity index (χ2n) is 5.85. The van der Waals surface area contributed by atoms with Crippen LogP contribution in [0.3, 0.4) is 0 Å². The number of carbonyl (C=O) groups is 1. The summed E-state index contributed by atoms with van der Waals surface area (Å²) in [6.07, 6.45) is 1.17. The van der Waals surface area contributed by atoms with Crippen LogP contribution in [0, 0.1) is 11.7 Å². The van der Waals surface area contributed by atoms with Crippen molar-refractivity contribution in [1.29, 1.82) is 0 Å². The fourth-order valence-electron chi connectivity index (χ4n) is 2.66. The summed E-state index contributed by atoms with van der Waals surface area (Å²) < 4.78 is 23.9. The molecule has 2 aromatic carbocycles. The maximum atomic E-state index is 12.8. The van der Waals surface area contributed by atoms with E-state index in [0.29, 0.717) is 18.9 Å². The van der Waals surface area contributed by atoms with Gasteiger partial charge in [0, 0.05) is 12.5 Å².